The molecule has 0 saturated carbocycles. The summed E-state index contributed by atoms with van der Waals surface area (Å²) in [5, 5.41) is 4.86. The summed E-state index contributed by atoms with van der Waals surface area (Å²) in [6.07, 6.45) is 40.7. The van der Waals surface area contributed by atoms with Gasteiger partial charge in [-0.05, 0) is 139 Å². The van der Waals surface area contributed by atoms with Crippen LogP contribution >= 0.6 is 0 Å². The average molecular weight is 932 g/mol. The number of amides is 2. The summed E-state index contributed by atoms with van der Waals surface area (Å²) in [6.45, 7) is 19.9. The topological polar surface area (TPSA) is 142 Å². The third-order valence-electron chi connectivity index (χ3n) is 10.7. The maximum Gasteiger partial charge on any atom is 0.414 e. The van der Waals surface area contributed by atoms with Gasteiger partial charge in [-0.25, -0.2) is 19.4 Å². The summed E-state index contributed by atoms with van der Waals surface area (Å²) < 4.78 is 22.6. The second kappa shape index (κ2) is 38.6. The van der Waals surface area contributed by atoms with E-state index in [1.165, 1.54) is 116 Å². The molecule has 0 bridgehead atoms. The standard InChI is InChI=1S/C55H101N3O8/c1-12-14-16-18-20-22-24-26-28-30-32-34-36-38-40-42-44-46(43-41-39-37-35-33-31-29-27-25-23-21-19-17-15-13-2)63-49(60)47(45-48(59)64-53(3,4)5)56-50(57-51(61)65-54(6,7)8)58-52(62)66-55(9,10)11/h26-29,46-47H,12-25,30-45H2,1-11H3,(H2,56,57,58,61,62)/b28-26-,29-27-. The van der Waals surface area contributed by atoms with Gasteiger partial charge in [0, 0.05) is 0 Å². The second-order valence-corrected chi connectivity index (χ2v) is 21.2. The molecule has 0 saturated heterocycles. The first kappa shape index (κ1) is 62.6. The molecule has 0 spiro atoms. The highest BCUT2D eigenvalue weighted by Gasteiger charge is 2.31. The molecule has 0 radical (unpaired) electrons. The van der Waals surface area contributed by atoms with Crippen LogP contribution in [0.5, 0.6) is 0 Å². The molecule has 0 aliphatic carbocycles. The van der Waals surface area contributed by atoms with Crippen molar-refractivity contribution in [3.8, 4) is 0 Å². The molecule has 2 amide bonds. The maximum absolute atomic E-state index is 14.1. The Labute approximate surface area is 404 Å². The summed E-state index contributed by atoms with van der Waals surface area (Å²) in [6, 6.07) is -1.43. The van der Waals surface area contributed by atoms with Crippen molar-refractivity contribution in [3.63, 3.8) is 0 Å². The Morgan fingerprint density at radius 1 is 0.455 bits per heavy atom. The number of unbranched alkanes of at least 4 members (excludes halogenated alkanes) is 23. The number of guanidine groups is 1. The van der Waals surface area contributed by atoms with E-state index in [4.69, 9.17) is 18.9 Å². The molecular formula is C55H101N3O8. The molecule has 0 aromatic rings. The molecule has 0 rings (SSSR count). The molecule has 11 nitrogen and oxygen atoms in total. The Hall–Kier alpha value is -3.37. The van der Waals surface area contributed by atoms with Crippen molar-refractivity contribution in [3.05, 3.63) is 24.3 Å². The summed E-state index contributed by atoms with van der Waals surface area (Å²) >= 11 is 0. The zero-order chi connectivity index (χ0) is 49.5. The third kappa shape index (κ3) is 43.2. The summed E-state index contributed by atoms with van der Waals surface area (Å²) in [5.41, 5.74) is -2.55. The van der Waals surface area contributed by atoms with Gasteiger partial charge in [0.2, 0.25) is 5.96 Å². The van der Waals surface area contributed by atoms with Crippen LogP contribution in [0.25, 0.3) is 0 Å². The molecule has 0 aromatic carbocycles. The SMILES string of the molecule is CCCCCCCC/C=C\CCCCCCCCC(CCCCCCC/C=C\CCCCCCCC)OC(=O)C(CC(=O)OC(C)(C)C)N=C(NC(=O)OC(C)(C)C)NC(=O)OC(C)(C)C. The van der Waals surface area contributed by atoms with Crippen LogP contribution in [0.4, 0.5) is 9.59 Å². The van der Waals surface area contributed by atoms with Gasteiger partial charge in [0.05, 0.1) is 6.42 Å². The van der Waals surface area contributed by atoms with Crippen LogP contribution in [0.15, 0.2) is 29.3 Å². The van der Waals surface area contributed by atoms with Crippen LogP contribution in [0.1, 0.15) is 269 Å². The molecule has 0 aliphatic heterocycles. The lowest BCUT2D eigenvalue weighted by Gasteiger charge is -2.24. The largest absolute Gasteiger partial charge is 0.461 e. The minimum absolute atomic E-state index is 0.378. The predicted octanol–water partition coefficient (Wildman–Crippen LogP) is 15.9. The zero-order valence-electron chi connectivity index (χ0n) is 44.4. The fourth-order valence-electron chi connectivity index (χ4n) is 7.34. The molecule has 0 aliphatic rings. The molecule has 11 heteroatoms. The van der Waals surface area contributed by atoms with Crippen LogP contribution in [0.2, 0.25) is 0 Å². The summed E-state index contributed by atoms with van der Waals surface area (Å²) in [4.78, 5) is 57.5. The van der Waals surface area contributed by atoms with Gasteiger partial charge in [-0.1, -0.05) is 147 Å². The number of nitrogens with zero attached hydrogens (tertiary/aromatic N) is 1. The van der Waals surface area contributed by atoms with E-state index < -0.39 is 59.4 Å². The van der Waals surface area contributed by atoms with Crippen molar-refractivity contribution < 1.29 is 38.1 Å². The quantitative estimate of drug-likeness (QED) is 0.0158. The highest BCUT2D eigenvalue weighted by atomic mass is 16.6. The summed E-state index contributed by atoms with van der Waals surface area (Å²) in [5.74, 6) is -1.83. The molecule has 0 aromatic heterocycles. The van der Waals surface area contributed by atoms with Crippen molar-refractivity contribution in [1.29, 1.82) is 0 Å². The van der Waals surface area contributed by atoms with E-state index in [9.17, 15) is 19.2 Å². The van der Waals surface area contributed by atoms with Crippen molar-refractivity contribution in [2.75, 3.05) is 0 Å². The lowest BCUT2D eigenvalue weighted by molar-refractivity contribution is -0.161. The third-order valence-corrected chi connectivity index (χ3v) is 10.7. The average Bonchev–Trinajstić information content (AvgIpc) is 3.19. The van der Waals surface area contributed by atoms with Gasteiger partial charge in [-0.3, -0.25) is 15.4 Å². The lowest BCUT2D eigenvalue weighted by Crippen LogP contribution is -2.48. The number of hydrogen-bond donors (Lipinski definition) is 2. The minimum Gasteiger partial charge on any atom is -0.461 e. The fraction of sp³-hybridized carbons (Fsp3) is 0.836. The van der Waals surface area contributed by atoms with Gasteiger partial charge in [-0.15, -0.1) is 0 Å². The van der Waals surface area contributed by atoms with Gasteiger partial charge >= 0.3 is 24.1 Å². The number of alkyl carbamates (subject to hydrolysis) is 2. The molecule has 2 N–H and O–H groups in total. The van der Waals surface area contributed by atoms with E-state index in [0.29, 0.717) is 12.8 Å². The Kier molecular flexibility index (Phi) is 36.6. The first-order chi connectivity index (χ1) is 31.2. The van der Waals surface area contributed by atoms with E-state index in [1.807, 2.05) is 0 Å². The normalized spacial score (nSPS) is 13.1. The number of hydrogen-bond acceptors (Lipinski definition) is 9. The number of carbonyl (C=O) groups is 4. The molecule has 66 heavy (non-hydrogen) atoms. The van der Waals surface area contributed by atoms with Crippen molar-refractivity contribution in [1.82, 2.24) is 10.6 Å². The van der Waals surface area contributed by atoms with Crippen LogP contribution in [0.3, 0.4) is 0 Å². The van der Waals surface area contributed by atoms with Crippen molar-refractivity contribution in [2.45, 2.75) is 298 Å². The van der Waals surface area contributed by atoms with Crippen LogP contribution in [-0.2, 0) is 28.5 Å². The molecule has 2 atom stereocenters. The van der Waals surface area contributed by atoms with Gasteiger partial charge in [-0.2, -0.15) is 0 Å². The fourth-order valence-corrected chi connectivity index (χ4v) is 7.34. The van der Waals surface area contributed by atoms with E-state index in [0.717, 1.165) is 57.8 Å². The zero-order valence-corrected chi connectivity index (χ0v) is 44.4. The van der Waals surface area contributed by atoms with Crippen molar-refractivity contribution in [2.24, 2.45) is 4.99 Å². The smallest absolute Gasteiger partial charge is 0.414 e. The molecule has 2 unspecified atom stereocenters. The Balaban J connectivity index is 5.74. The number of nitrogens with one attached hydrogen (secondary N) is 2. The van der Waals surface area contributed by atoms with Crippen molar-refractivity contribution >= 4 is 30.1 Å². The Morgan fingerprint density at radius 3 is 1.11 bits per heavy atom. The van der Waals surface area contributed by atoms with E-state index in [2.05, 4.69) is 53.8 Å². The number of ether oxygens (including phenoxy) is 4. The number of aliphatic imine (C=N–C) groups is 1. The first-order valence-corrected chi connectivity index (χ1v) is 26.5. The van der Waals surface area contributed by atoms with E-state index in [1.54, 1.807) is 62.3 Å². The maximum atomic E-state index is 14.1. The number of rotatable bonds is 36. The molecule has 0 heterocycles. The highest BCUT2D eigenvalue weighted by molar-refractivity contribution is 6.02. The number of carbonyl (C=O) groups excluding carboxylic acids is 4. The van der Waals surface area contributed by atoms with Gasteiger partial charge in [0.1, 0.15) is 22.9 Å². The van der Waals surface area contributed by atoms with Crippen LogP contribution < -0.4 is 10.6 Å². The van der Waals surface area contributed by atoms with Gasteiger partial charge < -0.3 is 18.9 Å². The van der Waals surface area contributed by atoms with E-state index in [-0.39, 0.29) is 6.10 Å². The van der Waals surface area contributed by atoms with Gasteiger partial charge in [0.25, 0.3) is 0 Å². The number of esters is 2. The van der Waals surface area contributed by atoms with Gasteiger partial charge in [0.15, 0.2) is 6.04 Å². The second-order valence-electron chi connectivity index (χ2n) is 21.2. The molecule has 384 valence electrons. The minimum atomic E-state index is -1.43. The first-order valence-electron chi connectivity index (χ1n) is 26.5. The lowest BCUT2D eigenvalue weighted by atomic mass is 10.0. The Bertz CT molecular complexity index is 1320. The number of allylic oxidation sites excluding steroid dienone is 4. The van der Waals surface area contributed by atoms with Crippen LogP contribution in [0, 0.1) is 0 Å². The predicted molar refractivity (Wildman–Crippen MR) is 274 cm³/mol. The van der Waals surface area contributed by atoms with E-state index >= 15 is 0 Å². The molecular weight excluding hydrogens is 831 g/mol. The van der Waals surface area contributed by atoms with Crippen LogP contribution in [-0.4, -0.2) is 59.0 Å². The highest BCUT2D eigenvalue weighted by Crippen LogP contribution is 2.20. The monoisotopic (exact) mass is 932 g/mol. The molecule has 0 fully saturated rings. The summed E-state index contributed by atoms with van der Waals surface area (Å²) in [7, 11) is 0. The Morgan fingerprint density at radius 2 is 0.773 bits per heavy atom.